The van der Waals surface area contributed by atoms with Crippen LogP contribution in [0.25, 0.3) is 10.9 Å². The Bertz CT molecular complexity index is 1120. The standard InChI is InChI=1S/C25H30N2O2S/c28-30(29,23-6-2-1-3-7-23)14-12-19-10-11-25-24(15-19)21(17-26-25)16-22-5-4-13-27(22)18-20-8-9-20/h1-3,6-7,10-11,15,17,20,22,26H,4-5,8-9,12-14,16,18H2/t22-/m1/s1. The van der Waals surface area contributed by atoms with Crippen molar-refractivity contribution in [2.75, 3.05) is 18.8 Å². The van der Waals surface area contributed by atoms with Gasteiger partial charge in [0.15, 0.2) is 9.84 Å². The van der Waals surface area contributed by atoms with Crippen LogP contribution in [0.4, 0.5) is 0 Å². The minimum atomic E-state index is -3.25. The summed E-state index contributed by atoms with van der Waals surface area (Å²) in [5, 5.41) is 1.25. The summed E-state index contributed by atoms with van der Waals surface area (Å²) in [5.41, 5.74) is 3.60. The molecule has 0 bridgehead atoms. The Balaban J connectivity index is 1.30. The van der Waals surface area contributed by atoms with Gasteiger partial charge in [-0.05, 0) is 86.4 Å². The lowest BCUT2D eigenvalue weighted by molar-refractivity contribution is 0.243. The molecule has 1 atom stereocenters. The van der Waals surface area contributed by atoms with Gasteiger partial charge in [-0.2, -0.15) is 0 Å². The lowest BCUT2D eigenvalue weighted by Crippen LogP contribution is -2.32. The number of fused-ring (bicyclic) bond motifs is 1. The second kappa shape index (κ2) is 8.20. The van der Waals surface area contributed by atoms with Crippen LogP contribution in [0.15, 0.2) is 59.6 Å². The summed E-state index contributed by atoms with van der Waals surface area (Å²) in [6.07, 6.45) is 9.18. The molecule has 2 aromatic carbocycles. The maximum Gasteiger partial charge on any atom is 0.178 e. The normalized spacial score (nSPS) is 20.2. The first kappa shape index (κ1) is 19.8. The Morgan fingerprint density at radius 3 is 2.67 bits per heavy atom. The van der Waals surface area contributed by atoms with Crippen molar-refractivity contribution in [2.24, 2.45) is 5.92 Å². The van der Waals surface area contributed by atoms with Crippen LogP contribution < -0.4 is 0 Å². The predicted octanol–water partition coefficient (Wildman–Crippen LogP) is 4.60. The molecule has 0 spiro atoms. The van der Waals surface area contributed by atoms with Crippen LogP contribution in [0, 0.1) is 5.92 Å². The van der Waals surface area contributed by atoms with E-state index in [1.807, 2.05) is 6.07 Å². The quantitative estimate of drug-likeness (QED) is 0.577. The van der Waals surface area contributed by atoms with Gasteiger partial charge in [-0.1, -0.05) is 24.3 Å². The smallest absolute Gasteiger partial charge is 0.178 e. The van der Waals surface area contributed by atoms with E-state index < -0.39 is 9.84 Å². The molecule has 2 aliphatic rings. The van der Waals surface area contributed by atoms with Crippen molar-refractivity contribution >= 4 is 20.7 Å². The molecule has 1 saturated carbocycles. The van der Waals surface area contributed by atoms with E-state index in [0.717, 1.165) is 23.4 Å². The molecule has 0 radical (unpaired) electrons. The molecule has 1 aliphatic carbocycles. The fourth-order valence-corrected chi connectivity index (χ4v) is 6.11. The van der Waals surface area contributed by atoms with E-state index in [4.69, 9.17) is 0 Å². The van der Waals surface area contributed by atoms with Gasteiger partial charge in [0, 0.05) is 29.7 Å². The third kappa shape index (κ3) is 4.33. The van der Waals surface area contributed by atoms with Crippen molar-refractivity contribution in [2.45, 2.75) is 49.5 Å². The van der Waals surface area contributed by atoms with Crippen LogP contribution in [-0.4, -0.2) is 43.2 Å². The number of nitrogens with one attached hydrogen (secondary N) is 1. The molecule has 158 valence electrons. The second-order valence-corrected chi connectivity index (χ2v) is 11.1. The Kier molecular flexibility index (Phi) is 5.42. The zero-order valence-corrected chi connectivity index (χ0v) is 18.2. The van der Waals surface area contributed by atoms with E-state index in [2.05, 4.69) is 34.3 Å². The van der Waals surface area contributed by atoms with E-state index in [1.165, 1.54) is 49.7 Å². The molecule has 1 saturated heterocycles. The summed E-state index contributed by atoms with van der Waals surface area (Å²) < 4.78 is 25.3. The highest BCUT2D eigenvalue weighted by Crippen LogP contribution is 2.33. The third-order valence-corrected chi connectivity index (χ3v) is 8.47. The van der Waals surface area contributed by atoms with Crippen molar-refractivity contribution in [3.05, 3.63) is 65.9 Å². The molecule has 0 amide bonds. The van der Waals surface area contributed by atoms with Crippen LogP contribution >= 0.6 is 0 Å². The third-order valence-electron chi connectivity index (χ3n) is 6.74. The Labute approximate surface area is 179 Å². The highest BCUT2D eigenvalue weighted by atomic mass is 32.2. The molecule has 0 unspecified atom stereocenters. The molecular weight excluding hydrogens is 392 g/mol. The van der Waals surface area contributed by atoms with Crippen LogP contribution in [0.5, 0.6) is 0 Å². The predicted molar refractivity (Wildman–Crippen MR) is 122 cm³/mol. The van der Waals surface area contributed by atoms with Crippen molar-refractivity contribution in [1.29, 1.82) is 0 Å². The van der Waals surface area contributed by atoms with Crippen molar-refractivity contribution in [3.8, 4) is 0 Å². The summed E-state index contributed by atoms with van der Waals surface area (Å²) in [7, 11) is -3.25. The molecule has 1 N–H and O–H groups in total. The van der Waals surface area contributed by atoms with Gasteiger partial charge in [0.25, 0.3) is 0 Å². The average Bonchev–Trinajstić information content (AvgIpc) is 3.34. The number of H-pyrrole nitrogens is 1. The SMILES string of the molecule is O=S(=O)(CCc1ccc2[nH]cc(C[C@H]3CCCN3CC3CC3)c2c1)c1ccccc1. The minimum absolute atomic E-state index is 0.139. The summed E-state index contributed by atoms with van der Waals surface area (Å²) in [6.45, 7) is 2.52. The Hall–Kier alpha value is -2.11. The van der Waals surface area contributed by atoms with Gasteiger partial charge >= 0.3 is 0 Å². The number of hydrogen-bond donors (Lipinski definition) is 1. The van der Waals surface area contributed by atoms with Gasteiger partial charge in [-0.3, -0.25) is 4.90 Å². The average molecular weight is 423 g/mol. The number of likely N-dealkylation sites (tertiary alicyclic amines) is 1. The number of aryl methyl sites for hydroxylation is 1. The molecule has 4 nitrogen and oxygen atoms in total. The molecule has 5 rings (SSSR count). The molecular formula is C25H30N2O2S. The summed E-state index contributed by atoms with van der Waals surface area (Å²) >= 11 is 0. The van der Waals surface area contributed by atoms with Gasteiger partial charge in [-0.25, -0.2) is 8.42 Å². The number of aromatic amines is 1. The fourth-order valence-electron chi connectivity index (χ4n) is 4.80. The first-order valence-corrected chi connectivity index (χ1v) is 12.8. The molecule has 5 heteroatoms. The van der Waals surface area contributed by atoms with Crippen molar-refractivity contribution in [1.82, 2.24) is 9.88 Å². The molecule has 2 fully saturated rings. The van der Waals surface area contributed by atoms with Crippen LogP contribution in [0.3, 0.4) is 0 Å². The second-order valence-electron chi connectivity index (χ2n) is 9.01. The summed E-state index contributed by atoms with van der Waals surface area (Å²) in [6, 6.07) is 15.7. The molecule has 1 aliphatic heterocycles. The first-order chi connectivity index (χ1) is 14.6. The number of sulfone groups is 1. The minimum Gasteiger partial charge on any atom is -0.361 e. The molecule has 1 aromatic heterocycles. The number of aromatic nitrogens is 1. The summed E-state index contributed by atoms with van der Waals surface area (Å²) in [4.78, 5) is 6.53. The van der Waals surface area contributed by atoms with Gasteiger partial charge in [0.2, 0.25) is 0 Å². The summed E-state index contributed by atoms with van der Waals surface area (Å²) in [5.74, 6) is 1.08. The van der Waals surface area contributed by atoms with Gasteiger partial charge in [0.05, 0.1) is 10.6 Å². The number of rotatable bonds is 8. The lowest BCUT2D eigenvalue weighted by atomic mass is 10.0. The van der Waals surface area contributed by atoms with E-state index in [0.29, 0.717) is 17.4 Å². The number of nitrogens with zero attached hydrogens (tertiary/aromatic N) is 1. The van der Waals surface area contributed by atoms with Crippen molar-refractivity contribution in [3.63, 3.8) is 0 Å². The van der Waals surface area contributed by atoms with E-state index in [1.54, 1.807) is 24.3 Å². The maximum atomic E-state index is 12.6. The fraction of sp³-hybridized carbons (Fsp3) is 0.440. The highest BCUT2D eigenvalue weighted by molar-refractivity contribution is 7.91. The van der Waals surface area contributed by atoms with Gasteiger partial charge in [-0.15, -0.1) is 0 Å². The highest BCUT2D eigenvalue weighted by Gasteiger charge is 2.31. The zero-order valence-electron chi connectivity index (χ0n) is 17.4. The largest absolute Gasteiger partial charge is 0.361 e. The van der Waals surface area contributed by atoms with Crippen LogP contribution in [0.1, 0.15) is 36.8 Å². The van der Waals surface area contributed by atoms with Crippen LogP contribution in [0.2, 0.25) is 0 Å². The maximum absolute atomic E-state index is 12.6. The molecule has 30 heavy (non-hydrogen) atoms. The number of hydrogen-bond acceptors (Lipinski definition) is 3. The van der Waals surface area contributed by atoms with Gasteiger partial charge in [0.1, 0.15) is 0 Å². The Morgan fingerprint density at radius 1 is 1.03 bits per heavy atom. The van der Waals surface area contributed by atoms with E-state index >= 15 is 0 Å². The zero-order chi connectivity index (χ0) is 20.6. The Morgan fingerprint density at radius 2 is 1.87 bits per heavy atom. The van der Waals surface area contributed by atoms with E-state index in [9.17, 15) is 8.42 Å². The topological polar surface area (TPSA) is 53.2 Å². The van der Waals surface area contributed by atoms with Gasteiger partial charge < -0.3 is 4.98 Å². The monoisotopic (exact) mass is 422 g/mol. The molecule has 3 aromatic rings. The van der Waals surface area contributed by atoms with Crippen molar-refractivity contribution < 1.29 is 8.42 Å². The van der Waals surface area contributed by atoms with E-state index in [-0.39, 0.29) is 5.75 Å². The number of benzene rings is 2. The molecule has 2 heterocycles. The lowest BCUT2D eigenvalue weighted by Gasteiger charge is -2.24. The first-order valence-electron chi connectivity index (χ1n) is 11.2. The van der Waals surface area contributed by atoms with Crippen LogP contribution in [-0.2, 0) is 22.7 Å².